The van der Waals surface area contributed by atoms with Gasteiger partial charge in [-0.1, -0.05) is 25.5 Å². The molecule has 0 radical (unpaired) electrons. The number of anilines is 1. The Labute approximate surface area is 183 Å². The van der Waals surface area contributed by atoms with E-state index in [1.807, 2.05) is 24.3 Å². The number of nitrogens with zero attached hydrogens (tertiary/aromatic N) is 2. The summed E-state index contributed by atoms with van der Waals surface area (Å²) in [4.78, 5) is 40.8. The van der Waals surface area contributed by atoms with Gasteiger partial charge in [-0.2, -0.15) is 0 Å². The third-order valence-electron chi connectivity index (χ3n) is 5.95. The molecule has 3 amide bonds. The maximum Gasteiger partial charge on any atom is 0.244 e. The van der Waals surface area contributed by atoms with E-state index in [1.165, 1.54) is 10.5 Å². The van der Waals surface area contributed by atoms with Gasteiger partial charge in [0.1, 0.15) is 6.04 Å². The summed E-state index contributed by atoms with van der Waals surface area (Å²) < 4.78 is 23.1. The SMILES string of the molecule is CCCCc1ccc(N2CC(C(=O)NC(C)C(=O)N3CCS(=O)(=O)CC3)CC2=O)cc1. The second kappa shape index (κ2) is 9.80. The molecular formula is C22H31N3O5S. The number of nitrogens with one attached hydrogen (secondary N) is 1. The van der Waals surface area contributed by atoms with E-state index in [0.717, 1.165) is 24.9 Å². The van der Waals surface area contributed by atoms with E-state index in [-0.39, 0.29) is 55.3 Å². The fourth-order valence-corrected chi connectivity index (χ4v) is 5.16. The van der Waals surface area contributed by atoms with Gasteiger partial charge in [-0.25, -0.2) is 8.42 Å². The predicted molar refractivity (Wildman–Crippen MR) is 118 cm³/mol. The monoisotopic (exact) mass is 449 g/mol. The van der Waals surface area contributed by atoms with Crippen LogP contribution >= 0.6 is 0 Å². The molecule has 170 valence electrons. The Kier molecular flexibility index (Phi) is 7.35. The number of rotatable bonds is 7. The van der Waals surface area contributed by atoms with Crippen LogP contribution in [0.1, 0.15) is 38.7 Å². The van der Waals surface area contributed by atoms with Crippen LogP contribution in [0.15, 0.2) is 24.3 Å². The standard InChI is InChI=1S/C22H31N3O5S/c1-3-4-5-17-6-8-19(9-7-17)25-15-18(14-20(25)26)21(27)23-16(2)22(28)24-10-12-31(29,30)13-11-24/h6-9,16,18H,3-5,10-15H2,1-2H3,(H,23,27). The molecule has 2 aliphatic rings. The van der Waals surface area contributed by atoms with Crippen molar-refractivity contribution < 1.29 is 22.8 Å². The van der Waals surface area contributed by atoms with Crippen molar-refractivity contribution in [1.29, 1.82) is 0 Å². The van der Waals surface area contributed by atoms with Crippen molar-refractivity contribution in [2.75, 3.05) is 36.0 Å². The minimum absolute atomic E-state index is 0.0528. The zero-order valence-electron chi connectivity index (χ0n) is 18.2. The first kappa shape index (κ1) is 23.2. The van der Waals surface area contributed by atoms with Gasteiger partial charge in [-0.15, -0.1) is 0 Å². The van der Waals surface area contributed by atoms with E-state index in [2.05, 4.69) is 12.2 Å². The maximum atomic E-state index is 12.7. The molecule has 2 atom stereocenters. The quantitative estimate of drug-likeness (QED) is 0.672. The molecule has 2 heterocycles. The van der Waals surface area contributed by atoms with E-state index >= 15 is 0 Å². The van der Waals surface area contributed by atoms with Crippen molar-refractivity contribution in [2.24, 2.45) is 5.92 Å². The van der Waals surface area contributed by atoms with Gasteiger partial charge in [0.2, 0.25) is 17.7 Å². The van der Waals surface area contributed by atoms with Crippen LogP contribution in [-0.2, 0) is 30.6 Å². The zero-order chi connectivity index (χ0) is 22.6. The number of benzene rings is 1. The average molecular weight is 450 g/mol. The van der Waals surface area contributed by atoms with Gasteiger partial charge in [-0.05, 0) is 37.5 Å². The molecule has 2 aliphatic heterocycles. The van der Waals surface area contributed by atoms with Crippen molar-refractivity contribution >= 4 is 33.2 Å². The summed E-state index contributed by atoms with van der Waals surface area (Å²) in [6.07, 6.45) is 3.35. The molecule has 2 saturated heterocycles. The van der Waals surface area contributed by atoms with Crippen LogP contribution in [0.4, 0.5) is 5.69 Å². The first-order chi connectivity index (χ1) is 14.7. The summed E-state index contributed by atoms with van der Waals surface area (Å²) in [5, 5.41) is 2.71. The van der Waals surface area contributed by atoms with Crippen LogP contribution in [0.25, 0.3) is 0 Å². The fraction of sp³-hybridized carbons (Fsp3) is 0.591. The van der Waals surface area contributed by atoms with E-state index in [1.54, 1.807) is 11.8 Å². The molecule has 0 spiro atoms. The molecule has 2 fully saturated rings. The number of carbonyl (C=O) groups excluding carboxylic acids is 3. The highest BCUT2D eigenvalue weighted by molar-refractivity contribution is 7.91. The smallest absolute Gasteiger partial charge is 0.244 e. The summed E-state index contributed by atoms with van der Waals surface area (Å²) in [7, 11) is -3.08. The lowest BCUT2D eigenvalue weighted by Gasteiger charge is -2.29. The number of hydrogen-bond acceptors (Lipinski definition) is 5. The largest absolute Gasteiger partial charge is 0.344 e. The molecule has 0 aliphatic carbocycles. The molecule has 0 saturated carbocycles. The minimum Gasteiger partial charge on any atom is -0.344 e. The number of sulfone groups is 1. The lowest BCUT2D eigenvalue weighted by molar-refractivity contribution is -0.136. The van der Waals surface area contributed by atoms with Gasteiger partial charge in [0.25, 0.3) is 0 Å². The van der Waals surface area contributed by atoms with Crippen molar-refractivity contribution in [3.8, 4) is 0 Å². The van der Waals surface area contributed by atoms with E-state index < -0.39 is 21.8 Å². The Hall–Kier alpha value is -2.42. The van der Waals surface area contributed by atoms with Gasteiger partial charge in [0.15, 0.2) is 9.84 Å². The molecule has 3 rings (SSSR count). The average Bonchev–Trinajstić information content (AvgIpc) is 3.14. The minimum atomic E-state index is -3.08. The third kappa shape index (κ3) is 5.84. The zero-order valence-corrected chi connectivity index (χ0v) is 19.0. The number of hydrogen-bond donors (Lipinski definition) is 1. The molecule has 0 bridgehead atoms. The van der Waals surface area contributed by atoms with Gasteiger partial charge in [0.05, 0.1) is 17.4 Å². The van der Waals surface area contributed by atoms with Crippen molar-refractivity contribution in [3.63, 3.8) is 0 Å². The van der Waals surface area contributed by atoms with E-state index in [0.29, 0.717) is 0 Å². The van der Waals surface area contributed by atoms with Crippen LogP contribution in [0, 0.1) is 5.92 Å². The van der Waals surface area contributed by atoms with Crippen molar-refractivity contribution in [3.05, 3.63) is 29.8 Å². The summed E-state index contributed by atoms with van der Waals surface area (Å²) in [5.74, 6) is -1.37. The Morgan fingerprint density at radius 1 is 1.16 bits per heavy atom. The summed E-state index contributed by atoms with van der Waals surface area (Å²) in [5.41, 5.74) is 2.00. The lowest BCUT2D eigenvalue weighted by atomic mass is 10.1. The summed E-state index contributed by atoms with van der Waals surface area (Å²) in [6, 6.07) is 7.10. The highest BCUT2D eigenvalue weighted by Gasteiger charge is 2.37. The van der Waals surface area contributed by atoms with Crippen LogP contribution in [0.2, 0.25) is 0 Å². The van der Waals surface area contributed by atoms with Crippen LogP contribution in [0.5, 0.6) is 0 Å². The number of amides is 3. The van der Waals surface area contributed by atoms with Crippen molar-refractivity contribution in [1.82, 2.24) is 10.2 Å². The van der Waals surface area contributed by atoms with Crippen molar-refractivity contribution in [2.45, 2.75) is 45.6 Å². The predicted octanol–water partition coefficient (Wildman–Crippen LogP) is 1.14. The van der Waals surface area contributed by atoms with Crippen LogP contribution in [0.3, 0.4) is 0 Å². The molecule has 31 heavy (non-hydrogen) atoms. The summed E-state index contributed by atoms with van der Waals surface area (Å²) in [6.45, 7) is 4.30. The van der Waals surface area contributed by atoms with Gasteiger partial charge >= 0.3 is 0 Å². The lowest BCUT2D eigenvalue weighted by Crippen LogP contribution is -2.52. The molecule has 1 N–H and O–H groups in total. The molecule has 1 aromatic rings. The fourth-order valence-electron chi connectivity index (χ4n) is 3.96. The van der Waals surface area contributed by atoms with E-state index in [4.69, 9.17) is 0 Å². The molecule has 1 aromatic carbocycles. The second-order valence-corrected chi connectivity index (χ2v) is 10.7. The van der Waals surface area contributed by atoms with Gasteiger partial charge in [0, 0.05) is 31.7 Å². The number of carbonyl (C=O) groups is 3. The third-order valence-corrected chi connectivity index (χ3v) is 7.56. The first-order valence-corrected chi connectivity index (χ1v) is 12.7. The van der Waals surface area contributed by atoms with Crippen LogP contribution in [-0.4, -0.2) is 68.2 Å². The molecule has 9 heteroatoms. The maximum absolute atomic E-state index is 12.7. The Morgan fingerprint density at radius 3 is 2.42 bits per heavy atom. The first-order valence-electron chi connectivity index (χ1n) is 10.9. The van der Waals surface area contributed by atoms with Gasteiger partial charge < -0.3 is 15.1 Å². The van der Waals surface area contributed by atoms with E-state index in [9.17, 15) is 22.8 Å². The Bertz CT molecular complexity index is 915. The normalized spacial score (nSPS) is 21.7. The molecular weight excluding hydrogens is 418 g/mol. The molecule has 8 nitrogen and oxygen atoms in total. The Balaban J connectivity index is 1.54. The van der Waals surface area contributed by atoms with Gasteiger partial charge in [-0.3, -0.25) is 14.4 Å². The highest BCUT2D eigenvalue weighted by Crippen LogP contribution is 2.26. The topological polar surface area (TPSA) is 104 Å². The summed E-state index contributed by atoms with van der Waals surface area (Å²) >= 11 is 0. The highest BCUT2D eigenvalue weighted by atomic mass is 32.2. The Morgan fingerprint density at radius 2 is 1.81 bits per heavy atom. The molecule has 2 unspecified atom stereocenters. The van der Waals surface area contributed by atoms with Crippen LogP contribution < -0.4 is 10.2 Å². The molecule has 0 aromatic heterocycles. The number of unbranched alkanes of at least 4 members (excludes halogenated alkanes) is 1. The number of aryl methyl sites for hydroxylation is 1. The second-order valence-electron chi connectivity index (χ2n) is 8.38.